The second-order valence-corrected chi connectivity index (χ2v) is 4.41. The number of nitrogens with zero attached hydrogens (tertiary/aromatic N) is 3. The van der Waals surface area contributed by atoms with Gasteiger partial charge in [0.05, 0.1) is 6.20 Å². The van der Waals surface area contributed by atoms with Gasteiger partial charge in [-0.05, 0) is 12.1 Å². The Kier molecular flexibility index (Phi) is 4.01. The predicted molar refractivity (Wildman–Crippen MR) is 73.2 cm³/mol. The molecule has 0 radical (unpaired) electrons. The summed E-state index contributed by atoms with van der Waals surface area (Å²) in [6.07, 6.45) is 3.55. The third-order valence-electron chi connectivity index (χ3n) is 2.52. The average Bonchev–Trinajstić information content (AvgIpc) is 2.81. The number of aromatic nitrogens is 3. The zero-order chi connectivity index (χ0) is 13.8. The number of hydrogen-bond acceptors (Lipinski definition) is 4. The van der Waals surface area contributed by atoms with E-state index in [0.717, 1.165) is 5.56 Å². The van der Waals surface area contributed by atoms with Crippen molar-refractivity contribution in [2.24, 2.45) is 7.05 Å². The summed E-state index contributed by atoms with van der Waals surface area (Å²) in [5.74, 6) is 0.351. The summed E-state index contributed by atoms with van der Waals surface area (Å²) in [5.41, 5.74) is 1.40. The van der Waals surface area contributed by atoms with Crippen molar-refractivity contribution in [3.8, 4) is 0 Å². The summed E-state index contributed by atoms with van der Waals surface area (Å²) in [7, 11) is 3.54. The van der Waals surface area contributed by atoms with E-state index in [1.54, 1.807) is 24.0 Å². The zero-order valence-corrected chi connectivity index (χ0v) is 11.4. The topological polar surface area (TPSA) is 71.8 Å². The Bertz CT molecular complexity index is 596. The SMILES string of the molecule is CNc1cc(C(=O)NCc2cnn(C)c2)cc(Cl)n1. The Morgan fingerprint density at radius 3 is 2.89 bits per heavy atom. The molecule has 100 valence electrons. The second-order valence-electron chi connectivity index (χ2n) is 4.02. The lowest BCUT2D eigenvalue weighted by molar-refractivity contribution is 0.0951. The molecule has 0 spiro atoms. The summed E-state index contributed by atoms with van der Waals surface area (Å²) in [5, 5.41) is 9.96. The quantitative estimate of drug-likeness (QED) is 0.831. The molecule has 0 saturated carbocycles. The molecule has 2 N–H and O–H groups in total. The monoisotopic (exact) mass is 279 g/mol. The number of aryl methyl sites for hydroxylation is 1. The van der Waals surface area contributed by atoms with E-state index in [0.29, 0.717) is 17.9 Å². The van der Waals surface area contributed by atoms with Gasteiger partial charge >= 0.3 is 0 Å². The summed E-state index contributed by atoms with van der Waals surface area (Å²) >= 11 is 5.85. The number of nitrogens with one attached hydrogen (secondary N) is 2. The first-order chi connectivity index (χ1) is 9.08. The zero-order valence-electron chi connectivity index (χ0n) is 10.6. The van der Waals surface area contributed by atoms with Crippen LogP contribution in [0.1, 0.15) is 15.9 Å². The maximum absolute atomic E-state index is 12.0. The molecule has 6 nitrogen and oxygen atoms in total. The van der Waals surface area contributed by atoms with Crippen molar-refractivity contribution in [2.75, 3.05) is 12.4 Å². The van der Waals surface area contributed by atoms with Gasteiger partial charge in [-0.3, -0.25) is 9.48 Å². The molecule has 0 aromatic carbocycles. The van der Waals surface area contributed by atoms with Crippen LogP contribution in [-0.2, 0) is 13.6 Å². The van der Waals surface area contributed by atoms with E-state index >= 15 is 0 Å². The molecule has 2 aromatic rings. The van der Waals surface area contributed by atoms with Crippen LogP contribution in [0.4, 0.5) is 5.82 Å². The first-order valence-electron chi connectivity index (χ1n) is 5.69. The van der Waals surface area contributed by atoms with Crippen LogP contribution in [-0.4, -0.2) is 27.7 Å². The van der Waals surface area contributed by atoms with Gasteiger partial charge in [-0.1, -0.05) is 11.6 Å². The van der Waals surface area contributed by atoms with Crippen LogP contribution in [0.5, 0.6) is 0 Å². The van der Waals surface area contributed by atoms with E-state index < -0.39 is 0 Å². The van der Waals surface area contributed by atoms with Crippen molar-refractivity contribution in [2.45, 2.75) is 6.54 Å². The number of amides is 1. The van der Waals surface area contributed by atoms with Gasteiger partial charge in [-0.2, -0.15) is 5.10 Å². The van der Waals surface area contributed by atoms with E-state index in [2.05, 4.69) is 20.7 Å². The van der Waals surface area contributed by atoms with Gasteiger partial charge < -0.3 is 10.6 Å². The summed E-state index contributed by atoms with van der Waals surface area (Å²) in [6, 6.07) is 3.17. The van der Waals surface area contributed by atoms with Crippen molar-refractivity contribution < 1.29 is 4.79 Å². The normalized spacial score (nSPS) is 10.3. The highest BCUT2D eigenvalue weighted by atomic mass is 35.5. The number of halogens is 1. The minimum atomic E-state index is -0.204. The van der Waals surface area contributed by atoms with Crippen LogP contribution in [0.25, 0.3) is 0 Å². The van der Waals surface area contributed by atoms with Gasteiger partial charge in [0.25, 0.3) is 5.91 Å². The Morgan fingerprint density at radius 1 is 1.47 bits per heavy atom. The van der Waals surface area contributed by atoms with Gasteiger partial charge in [0, 0.05) is 38.0 Å². The van der Waals surface area contributed by atoms with Gasteiger partial charge in [0.2, 0.25) is 0 Å². The molecular weight excluding hydrogens is 266 g/mol. The van der Waals surface area contributed by atoms with Gasteiger partial charge in [-0.15, -0.1) is 0 Å². The van der Waals surface area contributed by atoms with E-state index in [1.807, 2.05) is 13.2 Å². The molecular formula is C12H14ClN5O. The molecule has 0 fully saturated rings. The Labute approximate surface area is 115 Å². The number of rotatable bonds is 4. The molecule has 2 aromatic heterocycles. The fraction of sp³-hybridized carbons (Fsp3) is 0.250. The molecule has 1 amide bonds. The van der Waals surface area contributed by atoms with Crippen LogP contribution in [0, 0.1) is 0 Å². The van der Waals surface area contributed by atoms with E-state index in [9.17, 15) is 4.79 Å². The van der Waals surface area contributed by atoms with Crippen LogP contribution in [0.15, 0.2) is 24.5 Å². The highest BCUT2D eigenvalue weighted by molar-refractivity contribution is 6.29. The fourth-order valence-corrected chi connectivity index (χ4v) is 1.81. The lowest BCUT2D eigenvalue weighted by Crippen LogP contribution is -2.22. The van der Waals surface area contributed by atoms with Crippen molar-refractivity contribution in [3.63, 3.8) is 0 Å². The number of pyridine rings is 1. The van der Waals surface area contributed by atoms with Crippen LogP contribution >= 0.6 is 11.6 Å². The molecule has 19 heavy (non-hydrogen) atoms. The highest BCUT2D eigenvalue weighted by Gasteiger charge is 2.09. The van der Waals surface area contributed by atoms with Crippen LogP contribution in [0.2, 0.25) is 5.15 Å². The fourth-order valence-electron chi connectivity index (χ4n) is 1.60. The van der Waals surface area contributed by atoms with Crippen LogP contribution < -0.4 is 10.6 Å². The van der Waals surface area contributed by atoms with E-state index in [-0.39, 0.29) is 11.1 Å². The van der Waals surface area contributed by atoms with Gasteiger partial charge in [-0.25, -0.2) is 4.98 Å². The largest absolute Gasteiger partial charge is 0.373 e. The maximum atomic E-state index is 12.0. The molecule has 0 aliphatic rings. The van der Waals surface area contributed by atoms with Crippen molar-refractivity contribution in [1.29, 1.82) is 0 Å². The second kappa shape index (κ2) is 5.71. The summed E-state index contributed by atoms with van der Waals surface area (Å²) in [6.45, 7) is 0.418. The minimum Gasteiger partial charge on any atom is -0.373 e. The third-order valence-corrected chi connectivity index (χ3v) is 2.72. The Balaban J connectivity index is 2.05. The Morgan fingerprint density at radius 2 is 2.26 bits per heavy atom. The minimum absolute atomic E-state index is 0.204. The number of carbonyl (C=O) groups is 1. The molecule has 2 rings (SSSR count). The maximum Gasteiger partial charge on any atom is 0.251 e. The lowest BCUT2D eigenvalue weighted by Gasteiger charge is -2.06. The molecule has 2 heterocycles. The average molecular weight is 280 g/mol. The van der Waals surface area contributed by atoms with Gasteiger partial charge in [0.1, 0.15) is 11.0 Å². The molecule has 0 aliphatic carbocycles. The summed E-state index contributed by atoms with van der Waals surface area (Å²) < 4.78 is 1.68. The first-order valence-corrected chi connectivity index (χ1v) is 6.07. The predicted octanol–water partition coefficient (Wildman–Crippen LogP) is 1.44. The van der Waals surface area contributed by atoms with Crippen molar-refractivity contribution in [3.05, 3.63) is 40.8 Å². The molecule has 0 aliphatic heterocycles. The molecule has 0 unspecified atom stereocenters. The number of anilines is 1. The third kappa shape index (κ3) is 3.45. The molecule has 7 heteroatoms. The Hall–Kier alpha value is -2.08. The van der Waals surface area contributed by atoms with Gasteiger partial charge in [0.15, 0.2) is 0 Å². The van der Waals surface area contributed by atoms with E-state index in [1.165, 1.54) is 6.07 Å². The number of hydrogen-bond donors (Lipinski definition) is 2. The van der Waals surface area contributed by atoms with Crippen LogP contribution in [0.3, 0.4) is 0 Å². The molecule has 0 atom stereocenters. The highest BCUT2D eigenvalue weighted by Crippen LogP contribution is 2.14. The van der Waals surface area contributed by atoms with Crippen molar-refractivity contribution in [1.82, 2.24) is 20.1 Å². The summed E-state index contributed by atoms with van der Waals surface area (Å²) in [4.78, 5) is 16.0. The first kappa shape index (κ1) is 13.4. The van der Waals surface area contributed by atoms with E-state index in [4.69, 9.17) is 11.6 Å². The molecule has 0 bridgehead atoms. The number of carbonyl (C=O) groups excluding carboxylic acids is 1. The van der Waals surface area contributed by atoms with Crippen molar-refractivity contribution >= 4 is 23.3 Å². The standard InChI is InChI=1S/C12H14ClN5O/c1-14-11-4-9(3-10(13)17-11)12(19)15-5-8-6-16-18(2)7-8/h3-4,6-7H,5H2,1-2H3,(H,14,17)(H,15,19). The lowest BCUT2D eigenvalue weighted by atomic mass is 10.2. The molecule has 0 saturated heterocycles. The smallest absolute Gasteiger partial charge is 0.251 e.